The van der Waals surface area contributed by atoms with E-state index in [1.54, 1.807) is 29.5 Å². The van der Waals surface area contributed by atoms with E-state index in [9.17, 15) is 8.42 Å². The molecular formula is C18H23ClN2O2S2. The van der Waals surface area contributed by atoms with Crippen molar-refractivity contribution in [1.82, 2.24) is 9.62 Å². The fourth-order valence-corrected chi connectivity index (χ4v) is 5.52. The van der Waals surface area contributed by atoms with E-state index in [-0.39, 0.29) is 16.0 Å². The number of likely N-dealkylation sites (tertiary alicyclic amines) is 1. The summed E-state index contributed by atoms with van der Waals surface area (Å²) in [5.41, 5.74) is 1.17. The highest BCUT2D eigenvalue weighted by atomic mass is 35.5. The molecule has 0 spiro atoms. The first-order valence-electron chi connectivity index (χ1n) is 8.58. The van der Waals surface area contributed by atoms with Crippen molar-refractivity contribution < 1.29 is 8.42 Å². The van der Waals surface area contributed by atoms with Gasteiger partial charge in [-0.1, -0.05) is 36.6 Å². The zero-order valence-corrected chi connectivity index (χ0v) is 16.4. The van der Waals surface area contributed by atoms with Gasteiger partial charge in [0.05, 0.1) is 5.02 Å². The van der Waals surface area contributed by atoms with Crippen molar-refractivity contribution in [3.05, 3.63) is 51.7 Å². The van der Waals surface area contributed by atoms with Crippen molar-refractivity contribution in [3.8, 4) is 0 Å². The lowest BCUT2D eigenvalue weighted by molar-refractivity contribution is 0.206. The molecule has 1 atom stereocenters. The Morgan fingerprint density at radius 2 is 1.84 bits per heavy atom. The number of benzene rings is 1. The third-order valence-electron chi connectivity index (χ3n) is 4.60. The molecule has 1 aromatic carbocycles. The number of rotatable bonds is 6. The molecule has 7 heteroatoms. The van der Waals surface area contributed by atoms with Crippen molar-refractivity contribution in [2.75, 3.05) is 19.6 Å². The van der Waals surface area contributed by atoms with Gasteiger partial charge in [-0.2, -0.15) is 11.3 Å². The first kappa shape index (κ1) is 18.9. The maximum absolute atomic E-state index is 12.7. The standard InChI is InChI=1S/C18H23ClN2O2S2/c19-16-7-3-4-8-18(16)25(22,23)20-13-17(15-9-12-24-14-15)21-10-5-1-2-6-11-21/h3-4,7-9,12,14,17,20H,1-2,5-6,10-11,13H2. The molecule has 1 unspecified atom stereocenters. The molecule has 1 saturated heterocycles. The second-order valence-electron chi connectivity index (χ2n) is 6.30. The lowest BCUT2D eigenvalue weighted by Gasteiger charge is -2.30. The van der Waals surface area contributed by atoms with Crippen molar-refractivity contribution in [2.45, 2.75) is 36.6 Å². The van der Waals surface area contributed by atoms with E-state index in [4.69, 9.17) is 11.6 Å². The summed E-state index contributed by atoms with van der Waals surface area (Å²) in [7, 11) is -3.63. The van der Waals surface area contributed by atoms with Gasteiger partial charge in [-0.3, -0.25) is 4.90 Å². The Morgan fingerprint density at radius 1 is 1.12 bits per heavy atom. The highest BCUT2D eigenvalue weighted by Crippen LogP contribution is 2.27. The molecule has 1 aliphatic rings. The minimum absolute atomic E-state index is 0.0570. The predicted octanol–water partition coefficient (Wildman–Crippen LogP) is 4.30. The molecule has 1 aliphatic heterocycles. The summed E-state index contributed by atoms with van der Waals surface area (Å²) >= 11 is 7.71. The minimum Gasteiger partial charge on any atom is -0.295 e. The Kier molecular flexibility index (Phi) is 6.52. The molecule has 0 radical (unpaired) electrons. The zero-order valence-electron chi connectivity index (χ0n) is 14.0. The van der Waals surface area contributed by atoms with Crippen molar-refractivity contribution >= 4 is 33.0 Å². The van der Waals surface area contributed by atoms with Crippen LogP contribution >= 0.6 is 22.9 Å². The van der Waals surface area contributed by atoms with Crippen molar-refractivity contribution in [2.24, 2.45) is 0 Å². The van der Waals surface area contributed by atoms with Crippen LogP contribution in [-0.4, -0.2) is 33.0 Å². The monoisotopic (exact) mass is 398 g/mol. The molecule has 25 heavy (non-hydrogen) atoms. The van der Waals surface area contributed by atoms with Crippen LogP contribution < -0.4 is 4.72 Å². The number of nitrogens with zero attached hydrogens (tertiary/aromatic N) is 1. The molecule has 1 aromatic heterocycles. The Hall–Kier alpha value is -0.920. The van der Waals surface area contributed by atoms with Crippen LogP contribution in [0, 0.1) is 0 Å². The lowest BCUT2D eigenvalue weighted by Crippen LogP contribution is -2.38. The number of nitrogens with one attached hydrogen (secondary N) is 1. The molecule has 1 fully saturated rings. The Morgan fingerprint density at radius 3 is 2.48 bits per heavy atom. The molecule has 3 rings (SSSR count). The number of hydrogen-bond acceptors (Lipinski definition) is 4. The molecule has 0 aliphatic carbocycles. The zero-order chi connectivity index (χ0) is 17.7. The number of halogens is 1. The lowest BCUT2D eigenvalue weighted by atomic mass is 10.1. The number of sulfonamides is 1. The third kappa shape index (κ3) is 4.83. The Bertz CT molecular complexity index is 770. The van der Waals surface area contributed by atoms with Crippen molar-refractivity contribution in [3.63, 3.8) is 0 Å². The molecule has 0 bridgehead atoms. The predicted molar refractivity (Wildman–Crippen MR) is 104 cm³/mol. The first-order valence-corrected chi connectivity index (χ1v) is 11.4. The maximum atomic E-state index is 12.7. The Balaban J connectivity index is 1.77. The van der Waals surface area contributed by atoms with Crippen LogP contribution in [0.4, 0.5) is 0 Å². The molecule has 2 heterocycles. The molecule has 4 nitrogen and oxygen atoms in total. The highest BCUT2D eigenvalue weighted by molar-refractivity contribution is 7.89. The van der Waals surface area contributed by atoms with E-state index in [0.717, 1.165) is 25.9 Å². The highest BCUT2D eigenvalue weighted by Gasteiger charge is 2.25. The molecule has 136 valence electrons. The van der Waals surface area contributed by atoms with Gasteiger partial charge in [0.2, 0.25) is 10.0 Å². The molecule has 0 amide bonds. The van der Waals surface area contributed by atoms with Gasteiger partial charge in [0.25, 0.3) is 0 Å². The van der Waals surface area contributed by atoms with E-state index < -0.39 is 10.0 Å². The fraction of sp³-hybridized carbons (Fsp3) is 0.444. The van der Waals surface area contributed by atoms with E-state index in [1.807, 2.05) is 5.38 Å². The summed E-state index contributed by atoms with van der Waals surface area (Å²) in [6, 6.07) is 8.70. The van der Waals surface area contributed by atoms with Crippen LogP contribution in [-0.2, 0) is 10.0 Å². The van der Waals surface area contributed by atoms with Gasteiger partial charge in [-0.25, -0.2) is 13.1 Å². The van der Waals surface area contributed by atoms with Gasteiger partial charge in [-0.05, 0) is 60.5 Å². The van der Waals surface area contributed by atoms with Crippen LogP contribution in [0.1, 0.15) is 37.3 Å². The van der Waals surface area contributed by atoms with E-state index in [0.29, 0.717) is 6.54 Å². The van der Waals surface area contributed by atoms with E-state index in [2.05, 4.69) is 21.1 Å². The van der Waals surface area contributed by atoms with Crippen molar-refractivity contribution in [1.29, 1.82) is 0 Å². The SMILES string of the molecule is O=S(=O)(NCC(c1ccsc1)N1CCCCCC1)c1ccccc1Cl. The summed E-state index contributed by atoms with van der Waals surface area (Å²) in [5, 5.41) is 4.40. The summed E-state index contributed by atoms with van der Waals surface area (Å²) in [6.07, 6.45) is 4.83. The third-order valence-corrected chi connectivity index (χ3v) is 7.23. The van der Waals surface area contributed by atoms with Crippen LogP contribution in [0.25, 0.3) is 0 Å². The molecule has 0 saturated carbocycles. The second-order valence-corrected chi connectivity index (χ2v) is 9.23. The largest absolute Gasteiger partial charge is 0.295 e. The average Bonchev–Trinajstić information content (AvgIpc) is 2.98. The maximum Gasteiger partial charge on any atom is 0.242 e. The van der Waals surface area contributed by atoms with Crippen LogP contribution in [0.5, 0.6) is 0 Å². The van der Waals surface area contributed by atoms with Gasteiger partial charge in [-0.15, -0.1) is 0 Å². The van der Waals surface area contributed by atoms with Gasteiger partial charge >= 0.3 is 0 Å². The van der Waals surface area contributed by atoms with Crippen LogP contribution in [0.15, 0.2) is 46.0 Å². The smallest absolute Gasteiger partial charge is 0.242 e. The van der Waals surface area contributed by atoms with Gasteiger partial charge in [0.1, 0.15) is 4.90 Å². The van der Waals surface area contributed by atoms with E-state index >= 15 is 0 Å². The number of thiophene rings is 1. The molecular weight excluding hydrogens is 376 g/mol. The molecule has 2 aromatic rings. The molecule has 1 N–H and O–H groups in total. The van der Waals surface area contributed by atoms with Gasteiger partial charge in [0.15, 0.2) is 0 Å². The van der Waals surface area contributed by atoms with E-state index in [1.165, 1.54) is 24.5 Å². The summed E-state index contributed by atoms with van der Waals surface area (Å²) in [5.74, 6) is 0. The van der Waals surface area contributed by atoms with Crippen LogP contribution in [0.2, 0.25) is 5.02 Å². The number of hydrogen-bond donors (Lipinski definition) is 1. The average molecular weight is 399 g/mol. The normalized spacial score (nSPS) is 18.0. The van der Waals surface area contributed by atoms with Gasteiger partial charge in [0, 0.05) is 12.6 Å². The summed E-state index contributed by atoms with van der Waals surface area (Å²) in [6.45, 7) is 2.37. The Labute approximate surface area is 158 Å². The topological polar surface area (TPSA) is 49.4 Å². The second kappa shape index (κ2) is 8.64. The summed E-state index contributed by atoms with van der Waals surface area (Å²) in [4.78, 5) is 2.54. The minimum atomic E-state index is -3.63. The van der Waals surface area contributed by atoms with Crippen LogP contribution in [0.3, 0.4) is 0 Å². The fourth-order valence-electron chi connectivity index (χ4n) is 3.26. The van der Waals surface area contributed by atoms with Gasteiger partial charge < -0.3 is 0 Å². The quantitative estimate of drug-likeness (QED) is 0.789. The summed E-state index contributed by atoms with van der Waals surface area (Å²) < 4.78 is 28.1. The first-order chi connectivity index (χ1) is 12.1.